The van der Waals surface area contributed by atoms with Crippen molar-refractivity contribution in [3.63, 3.8) is 0 Å². The van der Waals surface area contributed by atoms with Crippen LogP contribution in [0.4, 0.5) is 0 Å². The quantitative estimate of drug-likeness (QED) is 0.853. The summed E-state index contributed by atoms with van der Waals surface area (Å²) in [7, 11) is 0. The highest BCUT2D eigenvalue weighted by Gasteiger charge is 2.13. The van der Waals surface area contributed by atoms with E-state index < -0.39 is 5.97 Å². The predicted octanol–water partition coefficient (Wildman–Crippen LogP) is 1.39. The lowest BCUT2D eigenvalue weighted by molar-refractivity contribution is 0.0690. The highest BCUT2D eigenvalue weighted by atomic mass is 32.1. The van der Waals surface area contributed by atoms with Crippen molar-refractivity contribution < 1.29 is 9.90 Å². The Morgan fingerprint density at radius 2 is 2.47 bits per heavy atom. The number of carboxylic acid groups (broad SMARTS) is 1. The maximum Gasteiger partial charge on any atom is 0.355 e. The normalized spacial score (nSPS) is 10.5. The highest BCUT2D eigenvalue weighted by molar-refractivity contribution is 7.11. The van der Waals surface area contributed by atoms with Crippen LogP contribution >= 0.6 is 11.3 Å². The number of hydrogen-bond donors (Lipinski definition) is 1. The minimum Gasteiger partial charge on any atom is -0.476 e. The average Bonchev–Trinajstić information content (AvgIpc) is 2.75. The van der Waals surface area contributed by atoms with E-state index in [9.17, 15) is 4.79 Å². The highest BCUT2D eigenvalue weighted by Crippen LogP contribution is 2.18. The molecule has 0 aromatic carbocycles. The van der Waals surface area contributed by atoms with Gasteiger partial charge in [0, 0.05) is 17.3 Å². The van der Waals surface area contributed by atoms with E-state index in [1.54, 1.807) is 19.4 Å². The van der Waals surface area contributed by atoms with Gasteiger partial charge in [0.05, 0.1) is 12.9 Å². The Labute approximate surface area is 90.0 Å². The lowest BCUT2D eigenvalue weighted by Crippen LogP contribution is -2.00. The van der Waals surface area contributed by atoms with E-state index in [2.05, 4.69) is 9.97 Å². The molecular formula is C9H9N3O2S. The zero-order valence-corrected chi connectivity index (χ0v) is 8.86. The van der Waals surface area contributed by atoms with Crippen LogP contribution in [-0.2, 0) is 6.54 Å². The Bertz CT molecular complexity index is 476. The molecule has 0 radical (unpaired) electrons. The SMILES string of the molecule is Cc1sc(Cn2ccnc2)nc1C(=O)O. The Morgan fingerprint density at radius 1 is 1.67 bits per heavy atom. The topological polar surface area (TPSA) is 68.0 Å². The summed E-state index contributed by atoms with van der Waals surface area (Å²) in [4.78, 5) is 19.5. The molecule has 0 bridgehead atoms. The first-order valence-electron chi connectivity index (χ1n) is 4.32. The molecule has 0 aliphatic rings. The summed E-state index contributed by atoms with van der Waals surface area (Å²) in [5.74, 6) is -0.972. The van der Waals surface area contributed by atoms with Crippen molar-refractivity contribution in [1.29, 1.82) is 0 Å². The number of aryl methyl sites for hydroxylation is 1. The second-order valence-corrected chi connectivity index (χ2v) is 4.34. The van der Waals surface area contributed by atoms with Crippen LogP contribution < -0.4 is 0 Å². The molecule has 2 aromatic heterocycles. The Hall–Kier alpha value is -1.69. The van der Waals surface area contributed by atoms with E-state index in [-0.39, 0.29) is 5.69 Å². The number of carboxylic acids is 1. The number of thiazole rings is 1. The molecule has 78 valence electrons. The van der Waals surface area contributed by atoms with Gasteiger partial charge in [0.1, 0.15) is 5.01 Å². The largest absolute Gasteiger partial charge is 0.476 e. The number of nitrogens with zero attached hydrogens (tertiary/aromatic N) is 3. The number of rotatable bonds is 3. The second kappa shape index (κ2) is 3.82. The summed E-state index contributed by atoms with van der Waals surface area (Å²) in [6, 6.07) is 0. The molecule has 0 saturated carbocycles. The molecule has 0 amide bonds. The van der Waals surface area contributed by atoms with E-state index in [0.29, 0.717) is 6.54 Å². The lowest BCUT2D eigenvalue weighted by atomic mass is 10.4. The number of aromatic nitrogens is 3. The van der Waals surface area contributed by atoms with Crippen LogP contribution in [0.5, 0.6) is 0 Å². The molecule has 0 saturated heterocycles. The van der Waals surface area contributed by atoms with E-state index in [0.717, 1.165) is 9.88 Å². The smallest absolute Gasteiger partial charge is 0.355 e. The monoisotopic (exact) mass is 223 g/mol. The molecule has 0 spiro atoms. The van der Waals surface area contributed by atoms with Crippen LogP contribution in [0.15, 0.2) is 18.7 Å². The molecule has 0 unspecified atom stereocenters. The van der Waals surface area contributed by atoms with Gasteiger partial charge < -0.3 is 9.67 Å². The molecular weight excluding hydrogens is 214 g/mol. The standard InChI is InChI=1S/C9H9N3O2S/c1-6-8(9(13)14)11-7(15-6)4-12-3-2-10-5-12/h2-3,5H,4H2,1H3,(H,13,14). The fourth-order valence-electron chi connectivity index (χ4n) is 1.25. The molecule has 1 N–H and O–H groups in total. The summed E-state index contributed by atoms with van der Waals surface area (Å²) >= 11 is 1.40. The third-order valence-electron chi connectivity index (χ3n) is 1.92. The predicted molar refractivity (Wildman–Crippen MR) is 55.1 cm³/mol. The third kappa shape index (κ3) is 2.04. The number of aromatic carboxylic acids is 1. The van der Waals surface area contributed by atoms with E-state index >= 15 is 0 Å². The molecule has 5 nitrogen and oxygen atoms in total. The maximum atomic E-state index is 10.8. The van der Waals surface area contributed by atoms with Gasteiger partial charge in [0.2, 0.25) is 0 Å². The van der Waals surface area contributed by atoms with Crippen LogP contribution in [0.3, 0.4) is 0 Å². The minimum atomic E-state index is -0.972. The molecule has 6 heteroatoms. The number of imidazole rings is 1. The van der Waals surface area contributed by atoms with Gasteiger partial charge in [-0.05, 0) is 6.92 Å². The van der Waals surface area contributed by atoms with Crippen molar-refractivity contribution in [2.75, 3.05) is 0 Å². The summed E-state index contributed by atoms with van der Waals surface area (Å²) in [6.07, 6.45) is 5.17. The zero-order valence-electron chi connectivity index (χ0n) is 8.04. The van der Waals surface area contributed by atoms with E-state index in [1.807, 2.05) is 10.8 Å². The second-order valence-electron chi connectivity index (χ2n) is 3.05. The van der Waals surface area contributed by atoms with E-state index in [1.165, 1.54) is 11.3 Å². The Morgan fingerprint density at radius 3 is 3.00 bits per heavy atom. The van der Waals surface area contributed by atoms with Crippen molar-refractivity contribution in [2.45, 2.75) is 13.5 Å². The first kappa shape index (κ1) is 9.85. The van der Waals surface area contributed by atoms with Gasteiger partial charge in [-0.1, -0.05) is 0 Å². The third-order valence-corrected chi connectivity index (χ3v) is 2.88. The van der Waals surface area contributed by atoms with E-state index in [4.69, 9.17) is 5.11 Å². The van der Waals surface area contributed by atoms with Crippen molar-refractivity contribution in [3.8, 4) is 0 Å². The zero-order chi connectivity index (χ0) is 10.8. The van der Waals surface area contributed by atoms with Gasteiger partial charge in [0.15, 0.2) is 5.69 Å². The van der Waals surface area contributed by atoms with Gasteiger partial charge in [-0.15, -0.1) is 11.3 Å². The Kier molecular flexibility index (Phi) is 2.51. The van der Waals surface area contributed by atoms with Crippen molar-refractivity contribution >= 4 is 17.3 Å². The number of carbonyl (C=O) groups is 1. The van der Waals surface area contributed by atoms with Gasteiger partial charge in [0.25, 0.3) is 0 Å². The molecule has 0 aliphatic carbocycles. The summed E-state index contributed by atoms with van der Waals surface area (Å²) in [6.45, 7) is 2.33. The van der Waals surface area contributed by atoms with Crippen LogP contribution in [-0.4, -0.2) is 25.6 Å². The van der Waals surface area contributed by atoms with Crippen LogP contribution in [0.25, 0.3) is 0 Å². The fraction of sp³-hybridized carbons (Fsp3) is 0.222. The van der Waals surface area contributed by atoms with Crippen molar-refractivity contribution in [1.82, 2.24) is 14.5 Å². The summed E-state index contributed by atoms with van der Waals surface area (Å²) in [5.41, 5.74) is 0.148. The molecule has 2 aromatic rings. The lowest BCUT2D eigenvalue weighted by Gasteiger charge is -1.95. The summed E-state index contributed by atoms with van der Waals surface area (Å²) in [5, 5.41) is 9.61. The van der Waals surface area contributed by atoms with Crippen molar-refractivity contribution in [2.24, 2.45) is 0 Å². The van der Waals surface area contributed by atoms with Gasteiger partial charge in [-0.25, -0.2) is 14.8 Å². The minimum absolute atomic E-state index is 0.148. The summed E-state index contributed by atoms with van der Waals surface area (Å²) < 4.78 is 1.85. The van der Waals surface area contributed by atoms with Gasteiger partial charge in [-0.3, -0.25) is 0 Å². The molecule has 2 heterocycles. The van der Waals surface area contributed by atoms with Crippen LogP contribution in [0.1, 0.15) is 20.4 Å². The van der Waals surface area contributed by atoms with Crippen LogP contribution in [0.2, 0.25) is 0 Å². The maximum absolute atomic E-state index is 10.8. The molecule has 2 rings (SSSR count). The molecule has 0 atom stereocenters. The van der Waals surface area contributed by atoms with Crippen molar-refractivity contribution in [3.05, 3.63) is 34.3 Å². The Balaban J connectivity index is 2.23. The molecule has 0 fully saturated rings. The fourth-order valence-corrected chi connectivity index (χ4v) is 2.19. The molecule has 0 aliphatic heterocycles. The first-order valence-corrected chi connectivity index (χ1v) is 5.14. The molecule has 15 heavy (non-hydrogen) atoms. The van der Waals surface area contributed by atoms with Gasteiger partial charge in [-0.2, -0.15) is 0 Å². The van der Waals surface area contributed by atoms with Crippen LogP contribution in [0, 0.1) is 6.92 Å². The van der Waals surface area contributed by atoms with Gasteiger partial charge >= 0.3 is 5.97 Å². The number of hydrogen-bond acceptors (Lipinski definition) is 4. The first-order chi connectivity index (χ1) is 7.16. The average molecular weight is 223 g/mol.